The number of rotatable bonds is 11. The Bertz CT molecular complexity index is 2120. The number of carbonyl (C=O) groups excluding carboxylic acids is 4. The van der Waals surface area contributed by atoms with E-state index in [-0.39, 0.29) is 35.7 Å². The highest BCUT2D eigenvalue weighted by atomic mass is 16.5. The summed E-state index contributed by atoms with van der Waals surface area (Å²) in [6.45, 7) is 8.85. The third-order valence-corrected chi connectivity index (χ3v) is 12.0. The van der Waals surface area contributed by atoms with Crippen molar-refractivity contribution in [2.45, 2.75) is 103 Å². The molecule has 4 N–H and O–H groups in total. The van der Waals surface area contributed by atoms with Crippen LogP contribution >= 0.6 is 0 Å². The first-order valence-corrected chi connectivity index (χ1v) is 20.7. The Kier molecular flexibility index (Phi) is 12.2. The number of aromatic nitrogens is 4. The first-order chi connectivity index (χ1) is 28.0. The van der Waals surface area contributed by atoms with Gasteiger partial charge in [0.25, 0.3) is 0 Å². The summed E-state index contributed by atoms with van der Waals surface area (Å²) < 4.78 is 9.57. The molecule has 14 nitrogen and oxygen atoms in total. The molecule has 3 aliphatic rings. The van der Waals surface area contributed by atoms with Gasteiger partial charge in [0, 0.05) is 36.6 Å². The normalized spacial score (nSPS) is 18.9. The number of nitrogens with zero attached hydrogens (tertiary/aromatic N) is 4. The lowest BCUT2D eigenvalue weighted by Crippen LogP contribution is -2.51. The SMILES string of the molecule is COC(=O)NC(C(=O)N1CCC[C@H]1c1nc(-c2ccc(-c3ccc(-c4c[nH]c([C@@H]5CCCN5C(=O)[C@@H](NC(=O)OC)C(C)C)n4)c4c3CCCC4)cc2)c[nH]1)C(C)C. The number of nitrogens with one attached hydrogen (secondary N) is 4. The van der Waals surface area contributed by atoms with Crippen LogP contribution in [0.1, 0.15) is 101 Å². The Balaban J connectivity index is 1.08. The van der Waals surface area contributed by atoms with Crippen LogP contribution in [0.4, 0.5) is 9.59 Å². The van der Waals surface area contributed by atoms with Crippen molar-refractivity contribution >= 4 is 24.0 Å². The summed E-state index contributed by atoms with van der Waals surface area (Å²) in [5, 5.41) is 5.44. The molecular formula is C44H56N8O6. The molecule has 4 amide bonds. The number of amides is 4. The first kappa shape index (κ1) is 40.5. The lowest BCUT2D eigenvalue weighted by Gasteiger charge is -2.30. The van der Waals surface area contributed by atoms with Crippen molar-refractivity contribution in [3.05, 3.63) is 71.6 Å². The van der Waals surface area contributed by atoms with Crippen LogP contribution in [0.25, 0.3) is 33.6 Å². The first-order valence-electron chi connectivity index (χ1n) is 20.7. The molecule has 58 heavy (non-hydrogen) atoms. The number of aromatic amines is 2. The monoisotopic (exact) mass is 792 g/mol. The van der Waals surface area contributed by atoms with Crippen molar-refractivity contribution in [3.63, 3.8) is 0 Å². The minimum atomic E-state index is -0.686. The predicted octanol–water partition coefficient (Wildman–Crippen LogP) is 7.10. The second-order valence-corrected chi connectivity index (χ2v) is 16.3. The summed E-state index contributed by atoms with van der Waals surface area (Å²) in [4.78, 5) is 71.8. The topological polar surface area (TPSA) is 175 Å². The summed E-state index contributed by atoms with van der Waals surface area (Å²) in [5.74, 6) is 1.03. The number of methoxy groups -OCH3 is 2. The van der Waals surface area contributed by atoms with Gasteiger partial charge in [-0.25, -0.2) is 19.6 Å². The zero-order valence-corrected chi connectivity index (χ0v) is 34.4. The number of likely N-dealkylation sites (tertiary alicyclic amines) is 2. The van der Waals surface area contributed by atoms with Gasteiger partial charge in [0.1, 0.15) is 23.7 Å². The second-order valence-electron chi connectivity index (χ2n) is 16.3. The summed E-state index contributed by atoms with van der Waals surface area (Å²) in [7, 11) is 2.60. The Morgan fingerprint density at radius 1 is 0.638 bits per heavy atom. The van der Waals surface area contributed by atoms with Crippen molar-refractivity contribution in [1.29, 1.82) is 0 Å². The van der Waals surface area contributed by atoms with Crippen LogP contribution in [0, 0.1) is 11.8 Å². The number of benzene rings is 2. The van der Waals surface area contributed by atoms with Crippen LogP contribution in [0.2, 0.25) is 0 Å². The highest BCUT2D eigenvalue weighted by Crippen LogP contribution is 2.40. The zero-order chi connectivity index (χ0) is 41.1. The number of fused-ring (bicyclic) bond motifs is 1. The molecular weight excluding hydrogens is 737 g/mol. The Labute approximate surface area is 339 Å². The number of H-pyrrole nitrogens is 2. The average Bonchev–Trinajstić information content (AvgIpc) is 4.08. The van der Waals surface area contributed by atoms with Crippen LogP contribution < -0.4 is 10.6 Å². The molecule has 0 radical (unpaired) electrons. The van der Waals surface area contributed by atoms with E-state index >= 15 is 0 Å². The molecule has 2 aromatic heterocycles. The quantitative estimate of drug-likeness (QED) is 0.124. The van der Waals surface area contributed by atoms with E-state index < -0.39 is 24.3 Å². The fourth-order valence-electron chi connectivity index (χ4n) is 8.88. The molecule has 0 saturated carbocycles. The number of imidazole rings is 2. The van der Waals surface area contributed by atoms with E-state index in [1.165, 1.54) is 30.9 Å². The van der Waals surface area contributed by atoms with E-state index in [4.69, 9.17) is 19.4 Å². The van der Waals surface area contributed by atoms with Crippen molar-refractivity contribution in [2.75, 3.05) is 27.3 Å². The van der Waals surface area contributed by atoms with Gasteiger partial charge in [-0.3, -0.25) is 9.59 Å². The Morgan fingerprint density at radius 3 is 1.59 bits per heavy atom. The smallest absolute Gasteiger partial charge is 0.407 e. The molecule has 1 unspecified atom stereocenters. The van der Waals surface area contributed by atoms with Crippen molar-refractivity contribution in [3.8, 4) is 33.6 Å². The number of carbonyl (C=O) groups is 4. The van der Waals surface area contributed by atoms with E-state index in [1.54, 1.807) is 0 Å². The van der Waals surface area contributed by atoms with Gasteiger partial charge >= 0.3 is 12.2 Å². The van der Waals surface area contributed by atoms with Crippen molar-refractivity contribution in [2.24, 2.45) is 11.8 Å². The molecule has 7 rings (SSSR count). The number of hydrogen-bond acceptors (Lipinski definition) is 8. The molecule has 308 valence electrons. The highest BCUT2D eigenvalue weighted by Gasteiger charge is 2.39. The minimum absolute atomic E-state index is 0.103. The Morgan fingerprint density at radius 2 is 1.09 bits per heavy atom. The average molecular weight is 793 g/mol. The molecule has 2 aliphatic heterocycles. The van der Waals surface area contributed by atoms with E-state index in [0.717, 1.165) is 91.1 Å². The number of ether oxygens (including phenoxy) is 2. The maximum absolute atomic E-state index is 13.7. The maximum Gasteiger partial charge on any atom is 0.407 e. The van der Waals surface area contributed by atoms with Gasteiger partial charge in [-0.1, -0.05) is 64.1 Å². The lowest BCUT2D eigenvalue weighted by molar-refractivity contribution is -0.136. The zero-order valence-electron chi connectivity index (χ0n) is 34.4. The third-order valence-electron chi connectivity index (χ3n) is 12.0. The summed E-state index contributed by atoms with van der Waals surface area (Å²) in [5.41, 5.74) is 8.80. The predicted molar refractivity (Wildman–Crippen MR) is 219 cm³/mol. The minimum Gasteiger partial charge on any atom is -0.453 e. The summed E-state index contributed by atoms with van der Waals surface area (Å²) in [6, 6.07) is 11.1. The van der Waals surface area contributed by atoms with Gasteiger partial charge < -0.3 is 39.9 Å². The fourth-order valence-corrected chi connectivity index (χ4v) is 8.88. The molecule has 0 spiro atoms. The van der Waals surface area contributed by atoms with Crippen LogP contribution in [0.3, 0.4) is 0 Å². The third kappa shape index (κ3) is 8.19. The Hall–Kier alpha value is -5.66. The standard InChI is InChI=1S/C44H56N8O6/c1-25(2)37(49-43(55)57-5)41(53)51-21-9-13-35(51)39-45-23-33(47-39)28-17-15-27(16-18-28)29-19-20-32(31-12-8-7-11-30(29)31)34-24-46-40(48-34)36-14-10-22-52(36)42(54)38(26(3)4)50-44(56)58-6/h15-20,23-26,35-38H,7-14,21-22H2,1-6H3,(H,45,47)(H,46,48)(H,49,55)(H,50,56)/t35-,36-,37?,38-/m0/s1. The maximum atomic E-state index is 13.7. The van der Waals surface area contributed by atoms with Crippen molar-refractivity contribution in [1.82, 2.24) is 40.4 Å². The fraction of sp³-hybridized carbons (Fsp3) is 0.500. The van der Waals surface area contributed by atoms with E-state index in [0.29, 0.717) is 13.1 Å². The molecule has 2 fully saturated rings. The number of hydrogen-bond donors (Lipinski definition) is 4. The van der Waals surface area contributed by atoms with E-state index in [1.807, 2.05) is 49.9 Å². The molecule has 0 bridgehead atoms. The number of alkyl carbamates (subject to hydrolysis) is 2. The van der Waals surface area contributed by atoms with Crippen LogP contribution in [-0.2, 0) is 31.9 Å². The van der Waals surface area contributed by atoms with E-state index in [9.17, 15) is 19.2 Å². The van der Waals surface area contributed by atoms with Gasteiger partial charge in [-0.15, -0.1) is 0 Å². The van der Waals surface area contributed by atoms with Crippen LogP contribution in [-0.4, -0.2) is 93.1 Å². The summed E-state index contributed by atoms with van der Waals surface area (Å²) in [6.07, 6.45) is 10.1. The van der Waals surface area contributed by atoms with E-state index in [2.05, 4.69) is 57.0 Å². The summed E-state index contributed by atoms with van der Waals surface area (Å²) >= 11 is 0. The molecule has 4 heterocycles. The second kappa shape index (κ2) is 17.5. The van der Waals surface area contributed by atoms with Crippen molar-refractivity contribution < 1.29 is 28.7 Å². The molecule has 4 atom stereocenters. The van der Waals surface area contributed by atoms with Gasteiger partial charge in [-0.2, -0.15) is 0 Å². The molecule has 14 heteroatoms. The van der Waals surface area contributed by atoms with Gasteiger partial charge in [0.05, 0.1) is 37.7 Å². The molecule has 2 aromatic carbocycles. The van der Waals surface area contributed by atoms with Gasteiger partial charge in [0.2, 0.25) is 11.8 Å². The van der Waals surface area contributed by atoms with Gasteiger partial charge in [0.15, 0.2) is 0 Å². The largest absolute Gasteiger partial charge is 0.453 e. The van der Waals surface area contributed by atoms with Crippen LogP contribution in [0.15, 0.2) is 48.8 Å². The highest BCUT2D eigenvalue weighted by molar-refractivity contribution is 5.87. The van der Waals surface area contributed by atoms with Crippen LogP contribution in [0.5, 0.6) is 0 Å². The molecule has 4 aromatic rings. The molecule has 2 saturated heterocycles. The molecule has 1 aliphatic carbocycles. The van der Waals surface area contributed by atoms with Gasteiger partial charge in [-0.05, 0) is 85.5 Å². The lowest BCUT2D eigenvalue weighted by atomic mass is 9.82.